The fourth-order valence-electron chi connectivity index (χ4n) is 2.40. The zero-order chi connectivity index (χ0) is 14.4. The van der Waals surface area contributed by atoms with E-state index in [4.69, 9.17) is 4.74 Å². The third-order valence-electron chi connectivity index (χ3n) is 3.53. The van der Waals surface area contributed by atoms with Crippen LogP contribution in [0.4, 0.5) is 0 Å². The number of nitrogens with zero attached hydrogens (tertiary/aromatic N) is 3. The number of carbonyl (C=O) groups excluding carboxylic acids is 1. The Labute approximate surface area is 120 Å². The molecule has 0 saturated carbocycles. The normalized spacial score (nSPS) is 20.4. The number of carbonyl (C=O) groups is 1. The zero-order valence-corrected chi connectivity index (χ0v) is 12.3. The topological polar surface area (TPSA) is 45.7 Å². The molecule has 2 heterocycles. The van der Waals surface area contributed by atoms with Gasteiger partial charge >= 0.3 is 0 Å². The highest BCUT2D eigenvalue weighted by Crippen LogP contribution is 2.13. The van der Waals surface area contributed by atoms with E-state index in [9.17, 15) is 4.79 Å². The van der Waals surface area contributed by atoms with Crippen LogP contribution in [0.15, 0.2) is 24.5 Å². The van der Waals surface area contributed by atoms with Crippen molar-refractivity contribution in [2.24, 2.45) is 5.92 Å². The van der Waals surface area contributed by atoms with Crippen molar-refractivity contribution in [1.82, 2.24) is 14.8 Å². The Kier molecular flexibility index (Phi) is 5.49. The molecule has 0 aliphatic carbocycles. The first-order chi connectivity index (χ1) is 9.65. The van der Waals surface area contributed by atoms with E-state index in [2.05, 4.69) is 16.0 Å². The molecule has 1 aromatic rings. The van der Waals surface area contributed by atoms with Gasteiger partial charge in [-0.15, -0.1) is 0 Å². The van der Waals surface area contributed by atoms with Gasteiger partial charge in [-0.2, -0.15) is 0 Å². The van der Waals surface area contributed by atoms with Crippen molar-refractivity contribution >= 4 is 5.91 Å². The van der Waals surface area contributed by atoms with Crippen LogP contribution in [0.1, 0.15) is 5.56 Å². The molecule has 1 aromatic heterocycles. The molecule has 20 heavy (non-hydrogen) atoms. The number of hydrogen-bond donors (Lipinski definition) is 0. The van der Waals surface area contributed by atoms with Crippen molar-refractivity contribution in [3.8, 4) is 0 Å². The predicted octanol–water partition coefficient (Wildman–Crippen LogP) is 0.661. The Morgan fingerprint density at radius 3 is 3.10 bits per heavy atom. The summed E-state index contributed by atoms with van der Waals surface area (Å²) in [5.41, 5.74) is 1.22. The third kappa shape index (κ3) is 4.58. The van der Waals surface area contributed by atoms with Crippen molar-refractivity contribution in [2.75, 3.05) is 46.9 Å². The number of hydrogen-bond acceptors (Lipinski definition) is 4. The summed E-state index contributed by atoms with van der Waals surface area (Å²) in [7, 11) is 3.59. The Morgan fingerprint density at radius 2 is 2.40 bits per heavy atom. The maximum atomic E-state index is 11.8. The summed E-state index contributed by atoms with van der Waals surface area (Å²) >= 11 is 0. The van der Waals surface area contributed by atoms with Gasteiger partial charge in [-0.05, 0) is 24.0 Å². The van der Waals surface area contributed by atoms with E-state index in [0.717, 1.165) is 26.1 Å². The summed E-state index contributed by atoms with van der Waals surface area (Å²) in [4.78, 5) is 19.8. The number of rotatable bonds is 4. The van der Waals surface area contributed by atoms with E-state index in [1.165, 1.54) is 5.56 Å². The second-order valence-electron chi connectivity index (χ2n) is 5.53. The van der Waals surface area contributed by atoms with Crippen LogP contribution in [0, 0.1) is 5.92 Å². The molecule has 1 aliphatic rings. The molecule has 110 valence electrons. The Bertz CT molecular complexity index is 422. The molecule has 1 atom stereocenters. The van der Waals surface area contributed by atoms with E-state index in [-0.39, 0.29) is 5.91 Å². The Balaban J connectivity index is 1.91. The van der Waals surface area contributed by atoms with Crippen LogP contribution in [-0.4, -0.2) is 67.6 Å². The van der Waals surface area contributed by atoms with Crippen LogP contribution in [0.3, 0.4) is 0 Å². The summed E-state index contributed by atoms with van der Waals surface area (Å²) in [5, 5.41) is 0. The second-order valence-corrected chi connectivity index (χ2v) is 5.53. The first-order valence-electron chi connectivity index (χ1n) is 7.04. The van der Waals surface area contributed by atoms with Crippen LogP contribution in [0.5, 0.6) is 0 Å². The lowest BCUT2D eigenvalue weighted by molar-refractivity contribution is -0.129. The van der Waals surface area contributed by atoms with E-state index in [1.54, 1.807) is 25.2 Å². The summed E-state index contributed by atoms with van der Waals surface area (Å²) in [6.07, 6.45) is 4.63. The highest BCUT2D eigenvalue weighted by molar-refractivity contribution is 5.77. The van der Waals surface area contributed by atoms with E-state index in [1.807, 2.05) is 12.3 Å². The second kappa shape index (κ2) is 7.36. The lowest BCUT2D eigenvalue weighted by Crippen LogP contribution is -2.39. The maximum Gasteiger partial charge on any atom is 0.236 e. The molecule has 5 heteroatoms. The SMILES string of the molecule is CN(C)C(=O)CN1CCOCC(Cc2cccnc2)C1. The van der Waals surface area contributed by atoms with E-state index < -0.39 is 0 Å². The van der Waals surface area contributed by atoms with Crippen LogP contribution in [0.2, 0.25) is 0 Å². The average Bonchev–Trinajstić information content (AvgIpc) is 2.65. The first-order valence-corrected chi connectivity index (χ1v) is 7.04. The van der Waals surface area contributed by atoms with Gasteiger partial charge in [0, 0.05) is 39.6 Å². The van der Waals surface area contributed by atoms with Crippen molar-refractivity contribution in [2.45, 2.75) is 6.42 Å². The smallest absolute Gasteiger partial charge is 0.236 e. The predicted molar refractivity (Wildman–Crippen MR) is 77.4 cm³/mol. The van der Waals surface area contributed by atoms with Crippen molar-refractivity contribution in [3.05, 3.63) is 30.1 Å². The fraction of sp³-hybridized carbons (Fsp3) is 0.600. The molecular formula is C15H23N3O2. The molecular weight excluding hydrogens is 254 g/mol. The van der Waals surface area contributed by atoms with Gasteiger partial charge in [0.1, 0.15) is 0 Å². The highest BCUT2D eigenvalue weighted by atomic mass is 16.5. The van der Waals surface area contributed by atoms with Gasteiger partial charge in [0.05, 0.1) is 19.8 Å². The van der Waals surface area contributed by atoms with Gasteiger partial charge in [-0.25, -0.2) is 0 Å². The standard InChI is InChI=1S/C15H23N3O2/c1-17(2)15(19)11-18-6-7-20-12-14(10-18)8-13-4-3-5-16-9-13/h3-5,9,14H,6-8,10-12H2,1-2H3. The number of likely N-dealkylation sites (N-methyl/N-ethyl adjacent to an activating group) is 1. The van der Waals surface area contributed by atoms with Gasteiger partial charge in [-0.3, -0.25) is 14.7 Å². The summed E-state index contributed by atoms with van der Waals surface area (Å²) in [6, 6.07) is 4.05. The van der Waals surface area contributed by atoms with Crippen LogP contribution < -0.4 is 0 Å². The molecule has 0 spiro atoms. The maximum absolute atomic E-state index is 11.8. The monoisotopic (exact) mass is 277 g/mol. The van der Waals surface area contributed by atoms with Crippen molar-refractivity contribution in [1.29, 1.82) is 0 Å². The third-order valence-corrected chi connectivity index (χ3v) is 3.53. The fourth-order valence-corrected chi connectivity index (χ4v) is 2.40. The Morgan fingerprint density at radius 1 is 1.55 bits per heavy atom. The number of aromatic nitrogens is 1. The minimum Gasteiger partial charge on any atom is -0.380 e. The van der Waals surface area contributed by atoms with E-state index in [0.29, 0.717) is 19.1 Å². The highest BCUT2D eigenvalue weighted by Gasteiger charge is 2.21. The van der Waals surface area contributed by atoms with Crippen LogP contribution >= 0.6 is 0 Å². The number of pyridine rings is 1. The summed E-state index contributed by atoms with van der Waals surface area (Å²) < 4.78 is 5.66. The lowest BCUT2D eigenvalue weighted by Gasteiger charge is -2.24. The molecule has 1 fully saturated rings. The molecule has 1 unspecified atom stereocenters. The lowest BCUT2D eigenvalue weighted by atomic mass is 10.0. The zero-order valence-electron chi connectivity index (χ0n) is 12.3. The van der Waals surface area contributed by atoms with Gasteiger partial charge < -0.3 is 9.64 Å². The molecule has 5 nitrogen and oxygen atoms in total. The molecule has 1 amide bonds. The van der Waals surface area contributed by atoms with Gasteiger partial charge in [0.2, 0.25) is 5.91 Å². The largest absolute Gasteiger partial charge is 0.380 e. The molecule has 0 radical (unpaired) electrons. The summed E-state index contributed by atoms with van der Waals surface area (Å²) in [5.74, 6) is 0.559. The minimum atomic E-state index is 0.145. The molecule has 0 bridgehead atoms. The van der Waals surface area contributed by atoms with Gasteiger partial charge in [0.15, 0.2) is 0 Å². The van der Waals surface area contributed by atoms with Crippen LogP contribution in [0.25, 0.3) is 0 Å². The number of ether oxygens (including phenoxy) is 1. The van der Waals surface area contributed by atoms with Crippen LogP contribution in [-0.2, 0) is 16.0 Å². The quantitative estimate of drug-likeness (QED) is 0.811. The van der Waals surface area contributed by atoms with Gasteiger partial charge in [-0.1, -0.05) is 6.07 Å². The van der Waals surface area contributed by atoms with Crippen molar-refractivity contribution < 1.29 is 9.53 Å². The minimum absolute atomic E-state index is 0.145. The molecule has 2 rings (SSSR count). The molecule has 0 N–H and O–H groups in total. The average molecular weight is 277 g/mol. The van der Waals surface area contributed by atoms with E-state index >= 15 is 0 Å². The molecule has 0 aromatic carbocycles. The summed E-state index contributed by atoms with van der Waals surface area (Å²) in [6.45, 7) is 3.64. The molecule has 1 saturated heterocycles. The Hall–Kier alpha value is -1.46. The first kappa shape index (κ1) is 14.9. The molecule has 1 aliphatic heterocycles. The number of amides is 1. The van der Waals surface area contributed by atoms with Gasteiger partial charge in [0.25, 0.3) is 0 Å². The van der Waals surface area contributed by atoms with Crippen molar-refractivity contribution in [3.63, 3.8) is 0 Å².